The Morgan fingerprint density at radius 3 is 2.55 bits per heavy atom. The third-order valence-electron chi connectivity index (χ3n) is 5.47. The molecule has 1 aromatic carbocycles. The first-order valence-electron chi connectivity index (χ1n) is 11.5. The van der Waals surface area contributed by atoms with E-state index in [1.807, 2.05) is 0 Å². The molecule has 11 nitrogen and oxygen atoms in total. The van der Waals surface area contributed by atoms with Crippen LogP contribution in [0.5, 0.6) is 5.75 Å². The monoisotopic (exact) mass is 568 g/mol. The van der Waals surface area contributed by atoms with Crippen molar-refractivity contribution in [3.05, 3.63) is 42.6 Å². The molecule has 6 unspecified atom stereocenters. The number of esters is 1. The van der Waals surface area contributed by atoms with Gasteiger partial charge in [-0.3, -0.25) is 9.32 Å². The summed E-state index contributed by atoms with van der Waals surface area (Å²) in [6.07, 6.45) is -11.0. The van der Waals surface area contributed by atoms with Gasteiger partial charge in [0.2, 0.25) is 0 Å². The van der Waals surface area contributed by atoms with Crippen LogP contribution in [0.2, 0.25) is 0 Å². The van der Waals surface area contributed by atoms with E-state index in [2.05, 4.69) is 10.1 Å². The van der Waals surface area contributed by atoms with Crippen molar-refractivity contribution in [1.29, 1.82) is 0 Å². The number of amidine groups is 1. The third kappa shape index (κ3) is 6.64. The van der Waals surface area contributed by atoms with Gasteiger partial charge >= 0.3 is 19.9 Å². The number of aliphatic hydroxyl groups is 1. The summed E-state index contributed by atoms with van der Waals surface area (Å²) in [6, 6.07) is 6.32. The molecule has 2 heterocycles. The smallest absolute Gasteiger partial charge is 0.459 e. The number of carbonyl (C=O) groups excluding carboxylic acids is 1. The number of aliphatic hydroxyl groups excluding tert-OH is 1. The Bertz CT molecular complexity index is 1090. The first-order valence-corrected chi connectivity index (χ1v) is 13.0. The molecule has 6 atom stereocenters. The number of ether oxygens (including phenoxy) is 2. The van der Waals surface area contributed by atoms with Crippen molar-refractivity contribution in [2.75, 3.05) is 13.3 Å². The molecule has 0 bridgehead atoms. The van der Waals surface area contributed by atoms with Crippen LogP contribution in [0.1, 0.15) is 20.8 Å². The van der Waals surface area contributed by atoms with Crippen LogP contribution in [0.4, 0.5) is 17.6 Å². The van der Waals surface area contributed by atoms with Crippen LogP contribution in [0.25, 0.3) is 0 Å². The molecule has 0 amide bonds. The van der Waals surface area contributed by atoms with Gasteiger partial charge in [0.15, 0.2) is 6.23 Å². The number of halogens is 4. The quantitative estimate of drug-likeness (QED) is 0.219. The molecule has 3 rings (SSSR count). The van der Waals surface area contributed by atoms with E-state index in [-0.39, 0.29) is 11.6 Å². The summed E-state index contributed by atoms with van der Waals surface area (Å²) >= 11 is 0. The average molecular weight is 568 g/mol. The lowest BCUT2D eigenvalue weighted by Gasteiger charge is -2.36. The van der Waals surface area contributed by atoms with Crippen LogP contribution < -0.4 is 15.3 Å². The number of hydrogen-bond donors (Lipinski definition) is 3. The summed E-state index contributed by atoms with van der Waals surface area (Å²) < 4.78 is 91.7. The maximum atomic E-state index is 15.5. The average Bonchev–Trinajstić information content (AvgIpc) is 3.09. The van der Waals surface area contributed by atoms with Crippen LogP contribution in [0.3, 0.4) is 0 Å². The van der Waals surface area contributed by atoms with Gasteiger partial charge in [0.25, 0.3) is 5.67 Å². The van der Waals surface area contributed by atoms with E-state index < -0.39 is 69.4 Å². The van der Waals surface area contributed by atoms with Gasteiger partial charge < -0.3 is 29.7 Å². The fourth-order valence-corrected chi connectivity index (χ4v) is 5.11. The van der Waals surface area contributed by atoms with Crippen LogP contribution >= 0.6 is 7.75 Å². The number of nitrogens with zero attached hydrogens (tertiary/aromatic N) is 2. The molecular weight excluding hydrogens is 539 g/mol. The van der Waals surface area contributed by atoms with Gasteiger partial charge in [-0.05, 0) is 39.0 Å². The Morgan fingerprint density at radius 2 is 2.00 bits per heavy atom. The number of hydrogen-bond acceptors (Lipinski definition) is 10. The molecule has 1 saturated heterocycles. The predicted molar refractivity (Wildman–Crippen MR) is 126 cm³/mol. The molecule has 0 spiro atoms. The van der Waals surface area contributed by atoms with Gasteiger partial charge in [-0.25, -0.2) is 13.9 Å². The fourth-order valence-electron chi connectivity index (χ4n) is 3.61. The van der Waals surface area contributed by atoms with Crippen molar-refractivity contribution >= 4 is 19.6 Å². The number of benzene rings is 1. The maximum Gasteiger partial charge on any atom is 0.459 e. The highest BCUT2D eigenvalue weighted by atomic mass is 31.2. The first-order chi connectivity index (χ1) is 17.7. The molecule has 0 aromatic heterocycles. The first kappa shape index (κ1) is 29.8. The molecule has 212 valence electrons. The highest BCUT2D eigenvalue weighted by molar-refractivity contribution is 7.52. The summed E-state index contributed by atoms with van der Waals surface area (Å²) in [5.41, 5.74) is 1.21. The van der Waals surface area contributed by atoms with Crippen molar-refractivity contribution in [2.24, 2.45) is 10.7 Å². The van der Waals surface area contributed by atoms with Crippen molar-refractivity contribution < 1.29 is 50.5 Å². The Labute approximate surface area is 216 Å². The zero-order valence-electron chi connectivity index (χ0n) is 20.7. The summed E-state index contributed by atoms with van der Waals surface area (Å²) in [6.45, 7) is 3.01. The lowest BCUT2D eigenvalue weighted by molar-refractivity contribution is -0.277. The Hall–Kier alpha value is -2.71. The SMILES string of the molecule is CC(C)OC(=O)C(C)NP(=O)(OCC1OC(N2C=CC(N)=NC2)C(F)(C(F)(F)F)C1O)Oc1ccccc1. The second kappa shape index (κ2) is 11.6. The van der Waals surface area contributed by atoms with Gasteiger partial charge in [0, 0.05) is 6.20 Å². The number of carbonyl (C=O) groups is 1. The zero-order valence-corrected chi connectivity index (χ0v) is 21.6. The van der Waals surface area contributed by atoms with Crippen LogP contribution in [-0.4, -0.2) is 77.5 Å². The predicted octanol–water partition coefficient (Wildman–Crippen LogP) is 2.62. The molecular formula is C22H29F4N4O7P. The third-order valence-corrected chi connectivity index (χ3v) is 7.11. The molecule has 2 aliphatic rings. The van der Waals surface area contributed by atoms with Gasteiger partial charge in [-0.1, -0.05) is 18.2 Å². The lowest BCUT2D eigenvalue weighted by Crippen LogP contribution is -2.60. The number of alkyl halides is 4. The number of aliphatic imine (C=N–C) groups is 1. The maximum absolute atomic E-state index is 15.5. The van der Waals surface area contributed by atoms with Gasteiger partial charge in [0.1, 0.15) is 36.5 Å². The van der Waals surface area contributed by atoms with E-state index in [1.54, 1.807) is 32.0 Å². The van der Waals surface area contributed by atoms with Crippen molar-refractivity contribution in [2.45, 2.75) is 63.2 Å². The number of para-hydroxylation sites is 1. The van der Waals surface area contributed by atoms with Gasteiger partial charge in [-0.2, -0.15) is 18.3 Å². The minimum Gasteiger partial charge on any atom is -0.462 e. The number of nitrogens with one attached hydrogen (secondary N) is 1. The van der Waals surface area contributed by atoms with Crippen molar-refractivity contribution in [1.82, 2.24) is 9.99 Å². The van der Waals surface area contributed by atoms with E-state index in [1.165, 1.54) is 19.1 Å². The molecule has 1 aromatic rings. The van der Waals surface area contributed by atoms with E-state index >= 15 is 4.39 Å². The molecule has 0 aliphatic carbocycles. The standard InChI is InChI=1S/C22H29F4N4O7P/c1-13(2)35-19(32)14(3)29-38(33,37-15-7-5-4-6-8-15)34-11-16-18(31)21(23,22(24,25)26)20(36-16)30-10-9-17(27)28-12-30/h4-10,13-14,16,18,20,31H,11-12H2,1-3H3,(H2,27,28)(H,29,33). The van der Waals surface area contributed by atoms with Crippen LogP contribution in [0.15, 0.2) is 47.6 Å². The lowest BCUT2D eigenvalue weighted by atomic mass is 9.95. The molecule has 0 radical (unpaired) electrons. The minimum atomic E-state index is -5.57. The summed E-state index contributed by atoms with van der Waals surface area (Å²) in [5, 5.41) is 12.8. The molecule has 1 fully saturated rings. The van der Waals surface area contributed by atoms with Crippen molar-refractivity contribution in [3.8, 4) is 5.75 Å². The number of nitrogens with two attached hydrogens (primary N) is 1. The second-order valence-corrected chi connectivity index (χ2v) is 10.5. The Morgan fingerprint density at radius 1 is 1.34 bits per heavy atom. The van der Waals surface area contributed by atoms with E-state index in [0.29, 0.717) is 0 Å². The molecule has 4 N–H and O–H groups in total. The molecule has 38 heavy (non-hydrogen) atoms. The molecule has 16 heteroatoms. The summed E-state index contributed by atoms with van der Waals surface area (Å²) in [5.74, 6) is -0.775. The zero-order chi connectivity index (χ0) is 28.3. The minimum absolute atomic E-state index is 0.00586. The van der Waals surface area contributed by atoms with Gasteiger partial charge in [0.05, 0.1) is 12.7 Å². The van der Waals surface area contributed by atoms with Gasteiger partial charge in [-0.15, -0.1) is 0 Å². The highest BCUT2D eigenvalue weighted by Crippen LogP contribution is 2.50. The molecule has 0 saturated carbocycles. The van der Waals surface area contributed by atoms with E-state index in [9.17, 15) is 27.6 Å². The van der Waals surface area contributed by atoms with E-state index in [0.717, 1.165) is 17.2 Å². The largest absolute Gasteiger partial charge is 0.462 e. The van der Waals surface area contributed by atoms with E-state index in [4.69, 9.17) is 24.3 Å². The number of rotatable bonds is 10. The molecule has 2 aliphatic heterocycles. The summed E-state index contributed by atoms with van der Waals surface area (Å²) in [4.78, 5) is 16.8. The Balaban J connectivity index is 1.82. The Kier molecular flexibility index (Phi) is 9.09. The van der Waals surface area contributed by atoms with Crippen molar-refractivity contribution in [3.63, 3.8) is 0 Å². The second-order valence-electron chi connectivity index (χ2n) is 8.83. The topological polar surface area (TPSA) is 145 Å². The fraction of sp³-hybridized carbons (Fsp3) is 0.545. The summed E-state index contributed by atoms with van der Waals surface area (Å²) in [7, 11) is -4.53. The van der Waals surface area contributed by atoms with Crippen LogP contribution in [0, 0.1) is 0 Å². The normalized spacial score (nSPS) is 28.1. The highest BCUT2D eigenvalue weighted by Gasteiger charge is 2.73. The van der Waals surface area contributed by atoms with Crippen LogP contribution in [-0.2, 0) is 23.4 Å².